The zero-order chi connectivity index (χ0) is 15.6. The van der Waals surface area contributed by atoms with E-state index in [1.165, 1.54) is 18.2 Å². The van der Waals surface area contributed by atoms with Crippen LogP contribution in [0.2, 0.25) is 0 Å². The number of rotatable bonds is 2. The van der Waals surface area contributed by atoms with E-state index in [0.29, 0.717) is 0 Å². The Morgan fingerprint density at radius 1 is 0.636 bits per heavy atom. The average molecular weight is 292 g/mol. The fourth-order valence-corrected chi connectivity index (χ4v) is 1.63. The molecular weight excluding hydrogens is 276 g/mol. The molecule has 0 saturated heterocycles. The molecule has 2 N–H and O–H groups in total. The fourth-order valence-electron chi connectivity index (χ4n) is 1.63. The Kier molecular flexibility index (Phi) is 5.70. The van der Waals surface area contributed by atoms with Crippen LogP contribution in [0.15, 0.2) is 73.3 Å². The van der Waals surface area contributed by atoms with Crippen molar-refractivity contribution in [1.29, 1.82) is 0 Å². The van der Waals surface area contributed by atoms with Crippen molar-refractivity contribution in [1.82, 2.24) is 9.97 Å². The lowest BCUT2D eigenvalue weighted by atomic mass is 10.2. The molecule has 22 heavy (non-hydrogen) atoms. The Morgan fingerprint density at radius 3 is 1.36 bits per heavy atom. The zero-order valence-corrected chi connectivity index (χ0v) is 11.9. The number of phenols is 2. The zero-order valence-electron chi connectivity index (χ0n) is 11.9. The van der Waals surface area contributed by atoms with Crippen molar-refractivity contribution in [3.05, 3.63) is 84.4 Å². The van der Waals surface area contributed by atoms with Crippen LogP contribution in [0.3, 0.4) is 0 Å². The third-order valence-electron chi connectivity index (χ3n) is 2.71. The maximum atomic E-state index is 8.65. The molecule has 0 aliphatic carbocycles. The van der Waals surface area contributed by atoms with Crippen molar-refractivity contribution in [3.8, 4) is 11.5 Å². The van der Waals surface area contributed by atoms with Crippen molar-refractivity contribution in [2.75, 3.05) is 0 Å². The summed E-state index contributed by atoms with van der Waals surface area (Å²) in [4.78, 5) is 7.91. The maximum absolute atomic E-state index is 8.65. The van der Waals surface area contributed by atoms with Crippen LogP contribution < -0.4 is 0 Å². The van der Waals surface area contributed by atoms with Crippen molar-refractivity contribution in [2.45, 2.75) is 0 Å². The van der Waals surface area contributed by atoms with Gasteiger partial charge in [0.1, 0.15) is 11.5 Å². The molecule has 2 aromatic heterocycles. The van der Waals surface area contributed by atoms with Crippen molar-refractivity contribution in [2.24, 2.45) is 0 Å². The second-order valence-corrected chi connectivity index (χ2v) is 4.41. The van der Waals surface area contributed by atoms with E-state index >= 15 is 0 Å². The number of nitrogens with zero attached hydrogens (tertiary/aromatic N) is 2. The Balaban J connectivity index is 0.000000188. The standard InChI is InChI=1S/C12H10N2.C6H6O2/c1(11-3-7-13-8-4-11)2-12-5-9-14-10-6-12;7-5-2-1-3-6(8)4-5/h1-10H;1-4,7-8H/b2-1+;. The van der Waals surface area contributed by atoms with Crippen LogP contribution >= 0.6 is 0 Å². The lowest BCUT2D eigenvalue weighted by Crippen LogP contribution is -1.74. The molecule has 3 aromatic rings. The van der Waals surface area contributed by atoms with Gasteiger partial charge in [0.15, 0.2) is 0 Å². The van der Waals surface area contributed by atoms with Gasteiger partial charge in [-0.3, -0.25) is 9.97 Å². The highest BCUT2D eigenvalue weighted by Gasteiger charge is 1.86. The predicted octanol–water partition coefficient (Wildman–Crippen LogP) is 3.74. The summed E-state index contributed by atoms with van der Waals surface area (Å²) in [5, 5.41) is 17.3. The molecule has 0 amide bonds. The lowest BCUT2D eigenvalue weighted by Gasteiger charge is -1.92. The molecule has 0 unspecified atom stereocenters. The molecular formula is C18H16N2O2. The van der Waals surface area contributed by atoms with Crippen LogP contribution in [0, 0.1) is 0 Å². The van der Waals surface area contributed by atoms with Gasteiger partial charge in [-0.2, -0.15) is 0 Å². The summed E-state index contributed by atoms with van der Waals surface area (Å²) in [6.07, 6.45) is 11.2. The maximum Gasteiger partial charge on any atom is 0.119 e. The number of pyridine rings is 2. The van der Waals surface area contributed by atoms with Crippen molar-refractivity contribution < 1.29 is 10.2 Å². The molecule has 2 heterocycles. The SMILES string of the molecule is C(=C\c1ccncc1)/c1ccncc1.Oc1cccc(O)c1. The van der Waals surface area contributed by atoms with E-state index in [2.05, 4.69) is 22.1 Å². The summed E-state index contributed by atoms with van der Waals surface area (Å²) in [5.41, 5.74) is 2.30. The first-order chi connectivity index (χ1) is 10.7. The van der Waals surface area contributed by atoms with E-state index in [1.54, 1.807) is 30.9 Å². The number of phenolic OH excluding ortho intramolecular Hbond substituents is 2. The summed E-state index contributed by atoms with van der Waals surface area (Å²) < 4.78 is 0. The Bertz CT molecular complexity index is 655. The molecule has 4 nitrogen and oxygen atoms in total. The first kappa shape index (κ1) is 15.3. The minimum atomic E-state index is 0.0880. The number of aromatic nitrogens is 2. The van der Waals surface area contributed by atoms with Gasteiger partial charge >= 0.3 is 0 Å². The summed E-state index contributed by atoms with van der Waals surface area (Å²) in [6.45, 7) is 0. The second-order valence-electron chi connectivity index (χ2n) is 4.41. The van der Waals surface area contributed by atoms with Gasteiger partial charge in [-0.05, 0) is 47.5 Å². The smallest absolute Gasteiger partial charge is 0.119 e. The molecule has 0 fully saturated rings. The third-order valence-corrected chi connectivity index (χ3v) is 2.71. The van der Waals surface area contributed by atoms with Crippen LogP contribution in [-0.2, 0) is 0 Å². The van der Waals surface area contributed by atoms with Gasteiger partial charge in [-0.1, -0.05) is 18.2 Å². The number of benzene rings is 1. The molecule has 0 spiro atoms. The summed E-state index contributed by atoms with van der Waals surface area (Å²) in [5.74, 6) is 0.176. The monoisotopic (exact) mass is 292 g/mol. The van der Waals surface area contributed by atoms with Crippen LogP contribution in [0.1, 0.15) is 11.1 Å². The molecule has 1 aromatic carbocycles. The van der Waals surface area contributed by atoms with Crippen LogP contribution in [0.5, 0.6) is 11.5 Å². The lowest BCUT2D eigenvalue weighted by molar-refractivity contribution is 0.450. The summed E-state index contributed by atoms with van der Waals surface area (Å²) in [6, 6.07) is 13.7. The second kappa shape index (κ2) is 8.21. The minimum absolute atomic E-state index is 0.0880. The van der Waals surface area contributed by atoms with Crippen molar-refractivity contribution in [3.63, 3.8) is 0 Å². The molecule has 110 valence electrons. The number of hydrogen-bond acceptors (Lipinski definition) is 4. The van der Waals surface area contributed by atoms with E-state index in [9.17, 15) is 0 Å². The van der Waals surface area contributed by atoms with Gasteiger partial charge in [0.05, 0.1) is 0 Å². The summed E-state index contributed by atoms with van der Waals surface area (Å²) in [7, 11) is 0. The van der Waals surface area contributed by atoms with E-state index in [-0.39, 0.29) is 11.5 Å². The fraction of sp³-hybridized carbons (Fsp3) is 0. The van der Waals surface area contributed by atoms with Crippen LogP contribution in [-0.4, -0.2) is 20.2 Å². The largest absolute Gasteiger partial charge is 0.508 e. The first-order valence-electron chi connectivity index (χ1n) is 6.70. The molecule has 0 aliphatic heterocycles. The highest BCUT2D eigenvalue weighted by Crippen LogP contribution is 2.14. The van der Waals surface area contributed by atoms with Crippen LogP contribution in [0.25, 0.3) is 12.2 Å². The van der Waals surface area contributed by atoms with Gasteiger partial charge in [0, 0.05) is 30.9 Å². The van der Waals surface area contributed by atoms with E-state index in [0.717, 1.165) is 11.1 Å². The molecule has 0 bridgehead atoms. The molecule has 0 saturated carbocycles. The van der Waals surface area contributed by atoms with Gasteiger partial charge in [0.2, 0.25) is 0 Å². The predicted molar refractivity (Wildman–Crippen MR) is 87.2 cm³/mol. The number of aromatic hydroxyl groups is 2. The van der Waals surface area contributed by atoms with E-state index in [4.69, 9.17) is 10.2 Å². The van der Waals surface area contributed by atoms with Crippen LogP contribution in [0.4, 0.5) is 0 Å². The Hall–Kier alpha value is -3.14. The quantitative estimate of drug-likeness (QED) is 0.755. The van der Waals surface area contributed by atoms with E-state index < -0.39 is 0 Å². The van der Waals surface area contributed by atoms with Crippen molar-refractivity contribution >= 4 is 12.2 Å². The molecule has 4 heteroatoms. The molecule has 3 rings (SSSR count). The molecule has 0 atom stereocenters. The first-order valence-corrected chi connectivity index (χ1v) is 6.70. The number of hydrogen-bond donors (Lipinski definition) is 2. The Morgan fingerprint density at radius 2 is 1.05 bits per heavy atom. The molecule has 0 radical (unpaired) electrons. The average Bonchev–Trinajstić information content (AvgIpc) is 2.55. The topological polar surface area (TPSA) is 66.2 Å². The third kappa shape index (κ3) is 5.46. The summed E-state index contributed by atoms with van der Waals surface area (Å²) >= 11 is 0. The van der Waals surface area contributed by atoms with Gasteiger partial charge in [-0.25, -0.2) is 0 Å². The highest BCUT2D eigenvalue weighted by molar-refractivity contribution is 5.68. The van der Waals surface area contributed by atoms with E-state index in [1.807, 2.05) is 24.3 Å². The highest BCUT2D eigenvalue weighted by atomic mass is 16.3. The van der Waals surface area contributed by atoms with Gasteiger partial charge in [0.25, 0.3) is 0 Å². The molecule has 0 aliphatic rings. The Labute approximate surface area is 129 Å². The minimum Gasteiger partial charge on any atom is -0.508 e. The normalized spacial score (nSPS) is 10.0. The van der Waals surface area contributed by atoms with Gasteiger partial charge in [-0.15, -0.1) is 0 Å². The van der Waals surface area contributed by atoms with Gasteiger partial charge < -0.3 is 10.2 Å².